The smallest absolute Gasteiger partial charge is 0.295 e. The Morgan fingerprint density at radius 3 is 2.21 bits per heavy atom. The first-order valence-electron chi connectivity index (χ1n) is 4.34. The molecular weight excluding hydrogens is 183 g/mol. The Hall–Kier alpha value is -1.58. The highest BCUT2D eigenvalue weighted by Gasteiger charge is 2.09. The first-order valence-corrected chi connectivity index (χ1v) is 4.34. The highest BCUT2D eigenvalue weighted by molar-refractivity contribution is 5.76. The lowest BCUT2D eigenvalue weighted by molar-refractivity contribution is 0.619. The van der Waals surface area contributed by atoms with Crippen LogP contribution in [-0.4, -0.2) is 9.13 Å². The molecule has 0 N–H and O–H groups in total. The van der Waals surface area contributed by atoms with Crippen LogP contribution < -0.4 is 5.69 Å². The van der Waals surface area contributed by atoms with Gasteiger partial charge in [-0.1, -0.05) is 0 Å². The van der Waals surface area contributed by atoms with Crippen molar-refractivity contribution in [2.45, 2.75) is 6.92 Å². The normalized spacial score (nSPS) is 11.1. The highest BCUT2D eigenvalue weighted by atomic mass is 19.1. The molecule has 0 atom stereocenters. The predicted octanol–water partition coefficient (Wildman–Crippen LogP) is 1.32. The van der Waals surface area contributed by atoms with Gasteiger partial charge in [0.25, 0.3) is 0 Å². The van der Waals surface area contributed by atoms with Crippen LogP contribution >= 0.6 is 0 Å². The average molecular weight is 194 g/mol. The van der Waals surface area contributed by atoms with E-state index in [0.29, 0.717) is 11.1 Å². The van der Waals surface area contributed by atoms with Gasteiger partial charge in [0.15, 0.2) is 0 Å². The van der Waals surface area contributed by atoms with Gasteiger partial charge in [-0.25, -0.2) is 9.18 Å². The molecule has 0 aliphatic rings. The standard InChI is InChI=1S/C10H11FN2O/c1-6-4-8-9(5-7(6)11)13(3)10(14)12(8)2/h4-5H,1-3H3. The van der Waals surface area contributed by atoms with Gasteiger partial charge in [0.1, 0.15) is 5.82 Å². The Morgan fingerprint density at radius 1 is 1.14 bits per heavy atom. The summed E-state index contributed by atoms with van der Waals surface area (Å²) in [6, 6.07) is 3.08. The molecule has 0 amide bonds. The molecule has 0 aliphatic carbocycles. The van der Waals surface area contributed by atoms with Crippen LogP contribution in [0.3, 0.4) is 0 Å². The number of aromatic nitrogens is 2. The molecule has 0 radical (unpaired) electrons. The number of benzene rings is 1. The molecule has 0 saturated heterocycles. The minimum atomic E-state index is -0.279. The molecule has 0 saturated carbocycles. The largest absolute Gasteiger partial charge is 0.328 e. The zero-order valence-electron chi connectivity index (χ0n) is 8.34. The molecule has 2 rings (SSSR count). The first kappa shape index (κ1) is 8.99. The Balaban J connectivity index is 3.04. The van der Waals surface area contributed by atoms with Crippen LogP contribution in [0.1, 0.15) is 5.56 Å². The molecule has 74 valence electrons. The SMILES string of the molecule is Cc1cc2c(cc1F)n(C)c(=O)n2C. The van der Waals surface area contributed by atoms with Gasteiger partial charge in [-0.15, -0.1) is 0 Å². The second-order valence-electron chi connectivity index (χ2n) is 3.49. The third-order valence-electron chi connectivity index (χ3n) is 2.55. The average Bonchev–Trinajstić information content (AvgIpc) is 2.34. The van der Waals surface area contributed by atoms with Gasteiger partial charge in [0.2, 0.25) is 0 Å². The lowest BCUT2D eigenvalue weighted by Gasteiger charge is -1.98. The Kier molecular flexibility index (Phi) is 1.74. The quantitative estimate of drug-likeness (QED) is 0.621. The van der Waals surface area contributed by atoms with Gasteiger partial charge < -0.3 is 0 Å². The number of hydrogen-bond donors (Lipinski definition) is 0. The van der Waals surface area contributed by atoms with Gasteiger partial charge in [-0.3, -0.25) is 9.13 Å². The molecule has 3 nitrogen and oxygen atoms in total. The number of hydrogen-bond acceptors (Lipinski definition) is 1. The molecule has 0 bridgehead atoms. The fourth-order valence-corrected chi connectivity index (χ4v) is 1.62. The minimum absolute atomic E-state index is 0.134. The van der Waals surface area contributed by atoms with E-state index in [-0.39, 0.29) is 11.5 Å². The van der Waals surface area contributed by atoms with Crippen molar-refractivity contribution in [2.24, 2.45) is 14.1 Å². The number of nitrogens with zero attached hydrogens (tertiary/aromatic N) is 2. The first-order chi connectivity index (χ1) is 6.52. The number of aryl methyl sites for hydroxylation is 3. The van der Waals surface area contributed by atoms with Gasteiger partial charge >= 0.3 is 5.69 Å². The third-order valence-corrected chi connectivity index (χ3v) is 2.55. The van der Waals surface area contributed by atoms with Crippen LogP contribution in [0.15, 0.2) is 16.9 Å². The minimum Gasteiger partial charge on any atom is -0.295 e. The van der Waals surface area contributed by atoms with Crippen molar-refractivity contribution >= 4 is 11.0 Å². The second-order valence-corrected chi connectivity index (χ2v) is 3.49. The zero-order valence-corrected chi connectivity index (χ0v) is 8.34. The van der Waals surface area contributed by atoms with E-state index in [1.807, 2.05) is 0 Å². The van der Waals surface area contributed by atoms with Crippen molar-refractivity contribution in [2.75, 3.05) is 0 Å². The molecular formula is C10H11FN2O. The van der Waals surface area contributed by atoms with E-state index in [4.69, 9.17) is 0 Å². The van der Waals surface area contributed by atoms with Crippen LogP contribution in [0.5, 0.6) is 0 Å². The molecule has 1 heterocycles. The molecule has 0 aliphatic heterocycles. The Labute approximate surface area is 80.4 Å². The number of halogens is 1. The molecule has 4 heteroatoms. The molecule has 0 unspecified atom stereocenters. The van der Waals surface area contributed by atoms with Crippen LogP contribution in [0.2, 0.25) is 0 Å². The Bertz CT molecular complexity index is 517. The van der Waals surface area contributed by atoms with E-state index in [2.05, 4.69) is 0 Å². The van der Waals surface area contributed by atoms with Crippen molar-refractivity contribution in [3.63, 3.8) is 0 Å². The van der Waals surface area contributed by atoms with Crippen LogP contribution in [0.25, 0.3) is 11.0 Å². The lowest BCUT2D eigenvalue weighted by Crippen LogP contribution is -2.19. The highest BCUT2D eigenvalue weighted by Crippen LogP contribution is 2.16. The maximum absolute atomic E-state index is 13.2. The molecule has 0 fully saturated rings. The Morgan fingerprint density at radius 2 is 1.64 bits per heavy atom. The summed E-state index contributed by atoms with van der Waals surface area (Å²) in [5.74, 6) is -0.279. The van der Waals surface area contributed by atoms with E-state index in [1.165, 1.54) is 15.2 Å². The molecule has 0 spiro atoms. The number of rotatable bonds is 0. The summed E-state index contributed by atoms with van der Waals surface area (Å²) < 4.78 is 16.2. The topological polar surface area (TPSA) is 26.9 Å². The molecule has 2 aromatic rings. The lowest BCUT2D eigenvalue weighted by atomic mass is 10.2. The summed E-state index contributed by atoms with van der Waals surface area (Å²) in [6.45, 7) is 1.69. The number of imidazole rings is 1. The van der Waals surface area contributed by atoms with E-state index in [0.717, 1.165) is 5.52 Å². The van der Waals surface area contributed by atoms with Gasteiger partial charge in [-0.05, 0) is 18.6 Å². The maximum atomic E-state index is 13.2. The van der Waals surface area contributed by atoms with E-state index < -0.39 is 0 Å². The fourth-order valence-electron chi connectivity index (χ4n) is 1.62. The van der Waals surface area contributed by atoms with E-state index >= 15 is 0 Å². The summed E-state index contributed by atoms with van der Waals surface area (Å²) in [6.07, 6.45) is 0. The second kappa shape index (κ2) is 2.70. The van der Waals surface area contributed by atoms with Crippen molar-refractivity contribution < 1.29 is 4.39 Å². The monoisotopic (exact) mass is 194 g/mol. The fraction of sp³-hybridized carbons (Fsp3) is 0.300. The van der Waals surface area contributed by atoms with Crippen LogP contribution in [-0.2, 0) is 14.1 Å². The summed E-state index contributed by atoms with van der Waals surface area (Å²) in [5.41, 5.74) is 1.81. The van der Waals surface area contributed by atoms with Crippen molar-refractivity contribution in [1.82, 2.24) is 9.13 Å². The van der Waals surface area contributed by atoms with E-state index in [1.54, 1.807) is 27.1 Å². The predicted molar refractivity (Wildman–Crippen MR) is 52.9 cm³/mol. The molecule has 1 aromatic carbocycles. The van der Waals surface area contributed by atoms with Crippen LogP contribution in [0, 0.1) is 12.7 Å². The van der Waals surface area contributed by atoms with Gasteiger partial charge in [0, 0.05) is 20.2 Å². The maximum Gasteiger partial charge on any atom is 0.328 e. The van der Waals surface area contributed by atoms with Crippen LogP contribution in [0.4, 0.5) is 4.39 Å². The van der Waals surface area contributed by atoms with Crippen molar-refractivity contribution in [1.29, 1.82) is 0 Å². The van der Waals surface area contributed by atoms with Gasteiger partial charge in [-0.2, -0.15) is 0 Å². The van der Waals surface area contributed by atoms with Crippen molar-refractivity contribution in [3.8, 4) is 0 Å². The summed E-state index contributed by atoms with van der Waals surface area (Å²) in [7, 11) is 3.32. The number of fused-ring (bicyclic) bond motifs is 1. The molecule has 1 aromatic heterocycles. The summed E-state index contributed by atoms with van der Waals surface area (Å²) in [5, 5.41) is 0. The zero-order chi connectivity index (χ0) is 10.5. The van der Waals surface area contributed by atoms with Crippen molar-refractivity contribution in [3.05, 3.63) is 34.0 Å². The third kappa shape index (κ3) is 0.999. The summed E-state index contributed by atoms with van der Waals surface area (Å²) in [4.78, 5) is 11.5. The summed E-state index contributed by atoms with van der Waals surface area (Å²) >= 11 is 0. The molecule has 14 heavy (non-hydrogen) atoms. The van der Waals surface area contributed by atoms with Gasteiger partial charge in [0.05, 0.1) is 11.0 Å². The van der Waals surface area contributed by atoms with E-state index in [9.17, 15) is 9.18 Å².